The summed E-state index contributed by atoms with van der Waals surface area (Å²) in [5.74, 6) is 0. The van der Waals surface area contributed by atoms with Crippen LogP contribution in [0.3, 0.4) is 0 Å². The molecule has 1 aromatic carbocycles. The Kier molecular flexibility index (Phi) is 5.18. The van der Waals surface area contributed by atoms with Crippen LogP contribution in [0.1, 0.15) is 44.6 Å². The highest BCUT2D eigenvalue weighted by atomic mass is 32.2. The fourth-order valence-corrected chi connectivity index (χ4v) is 3.74. The minimum atomic E-state index is 0.637. The van der Waals surface area contributed by atoms with E-state index in [4.69, 9.17) is 0 Å². The van der Waals surface area contributed by atoms with Crippen molar-refractivity contribution in [1.29, 1.82) is 0 Å². The van der Waals surface area contributed by atoms with Crippen molar-refractivity contribution < 1.29 is 0 Å². The molecule has 0 nitrogen and oxygen atoms in total. The van der Waals surface area contributed by atoms with Gasteiger partial charge in [0.2, 0.25) is 0 Å². The van der Waals surface area contributed by atoms with Crippen molar-refractivity contribution in [3.63, 3.8) is 0 Å². The second-order valence-corrected chi connectivity index (χ2v) is 6.55. The Morgan fingerprint density at radius 2 is 1.82 bits per heavy atom. The van der Waals surface area contributed by atoms with Crippen molar-refractivity contribution in [3.8, 4) is 0 Å². The summed E-state index contributed by atoms with van der Waals surface area (Å²) in [6.45, 7) is 2.32. The molecule has 2 rings (SSSR count). The Morgan fingerprint density at radius 1 is 1.12 bits per heavy atom. The molecule has 1 unspecified atom stereocenters. The molecule has 0 aliphatic heterocycles. The SMILES string of the molecule is CC(/C=C/c1ccccc1)SC1CCCCC1. The van der Waals surface area contributed by atoms with Crippen molar-refractivity contribution >= 4 is 17.8 Å². The maximum absolute atomic E-state index is 2.34. The van der Waals surface area contributed by atoms with E-state index < -0.39 is 0 Å². The monoisotopic (exact) mass is 246 g/mol. The van der Waals surface area contributed by atoms with Crippen LogP contribution < -0.4 is 0 Å². The van der Waals surface area contributed by atoms with Crippen LogP contribution in [0, 0.1) is 0 Å². The summed E-state index contributed by atoms with van der Waals surface area (Å²) in [6, 6.07) is 10.6. The summed E-state index contributed by atoms with van der Waals surface area (Å²) in [5.41, 5.74) is 1.31. The average Bonchev–Trinajstić information content (AvgIpc) is 2.39. The fourth-order valence-electron chi connectivity index (χ4n) is 2.36. The van der Waals surface area contributed by atoms with E-state index in [2.05, 4.69) is 61.2 Å². The van der Waals surface area contributed by atoms with Crippen LogP contribution in [0.5, 0.6) is 0 Å². The first-order valence-electron chi connectivity index (χ1n) is 6.73. The number of hydrogen-bond donors (Lipinski definition) is 0. The van der Waals surface area contributed by atoms with E-state index in [0.717, 1.165) is 5.25 Å². The predicted molar refractivity (Wildman–Crippen MR) is 79.4 cm³/mol. The Bertz CT molecular complexity index is 336. The molecule has 1 aliphatic rings. The van der Waals surface area contributed by atoms with Gasteiger partial charge in [-0.15, -0.1) is 0 Å². The quantitative estimate of drug-likeness (QED) is 0.707. The fraction of sp³-hybridized carbons (Fsp3) is 0.500. The van der Waals surface area contributed by atoms with E-state index in [0.29, 0.717) is 5.25 Å². The third kappa shape index (κ3) is 4.59. The lowest BCUT2D eigenvalue weighted by Gasteiger charge is -2.22. The zero-order valence-electron chi connectivity index (χ0n) is 10.6. The van der Waals surface area contributed by atoms with Crippen LogP contribution in [0.15, 0.2) is 36.4 Å². The molecule has 0 aromatic heterocycles. The molecule has 0 heterocycles. The van der Waals surface area contributed by atoms with E-state index in [1.807, 2.05) is 0 Å². The van der Waals surface area contributed by atoms with Gasteiger partial charge in [-0.2, -0.15) is 11.8 Å². The number of rotatable bonds is 4. The van der Waals surface area contributed by atoms with Gasteiger partial charge in [-0.1, -0.05) is 61.7 Å². The van der Waals surface area contributed by atoms with Gasteiger partial charge in [0.1, 0.15) is 0 Å². The third-order valence-corrected chi connectivity index (χ3v) is 4.76. The van der Waals surface area contributed by atoms with Gasteiger partial charge in [0.15, 0.2) is 0 Å². The Morgan fingerprint density at radius 3 is 2.53 bits per heavy atom. The molecule has 1 saturated carbocycles. The van der Waals surface area contributed by atoms with Gasteiger partial charge in [-0.3, -0.25) is 0 Å². The summed E-state index contributed by atoms with van der Waals surface area (Å²) < 4.78 is 0. The maximum Gasteiger partial charge on any atom is 0.0204 e. The van der Waals surface area contributed by atoms with Gasteiger partial charge < -0.3 is 0 Å². The lowest BCUT2D eigenvalue weighted by atomic mass is 10.0. The highest BCUT2D eigenvalue weighted by Gasteiger charge is 2.15. The number of benzene rings is 1. The van der Waals surface area contributed by atoms with E-state index in [-0.39, 0.29) is 0 Å². The van der Waals surface area contributed by atoms with Crippen molar-refractivity contribution in [3.05, 3.63) is 42.0 Å². The molecular weight excluding hydrogens is 224 g/mol. The average molecular weight is 246 g/mol. The topological polar surface area (TPSA) is 0 Å². The van der Waals surface area contributed by atoms with E-state index >= 15 is 0 Å². The van der Waals surface area contributed by atoms with Crippen LogP contribution in [0.2, 0.25) is 0 Å². The standard InChI is InChI=1S/C16H22S/c1-14(17-16-10-6-3-7-11-16)12-13-15-8-4-2-5-9-15/h2,4-5,8-9,12-14,16H,3,6-7,10-11H2,1H3/b13-12+. The van der Waals surface area contributed by atoms with Crippen molar-refractivity contribution in [2.24, 2.45) is 0 Å². The lowest BCUT2D eigenvalue weighted by molar-refractivity contribution is 0.515. The first kappa shape index (κ1) is 12.8. The molecule has 1 aromatic rings. The minimum absolute atomic E-state index is 0.637. The molecule has 17 heavy (non-hydrogen) atoms. The first-order valence-corrected chi connectivity index (χ1v) is 7.67. The minimum Gasteiger partial charge on any atom is -0.151 e. The Labute approximate surface area is 110 Å². The third-order valence-electron chi connectivity index (χ3n) is 3.32. The summed E-state index contributed by atoms with van der Waals surface area (Å²) >= 11 is 2.15. The van der Waals surface area contributed by atoms with Crippen molar-refractivity contribution in [2.75, 3.05) is 0 Å². The molecule has 0 saturated heterocycles. The number of hydrogen-bond acceptors (Lipinski definition) is 1. The van der Waals surface area contributed by atoms with Crippen LogP contribution in [-0.2, 0) is 0 Å². The molecule has 1 fully saturated rings. The van der Waals surface area contributed by atoms with E-state index in [9.17, 15) is 0 Å². The van der Waals surface area contributed by atoms with Gasteiger partial charge in [0.05, 0.1) is 0 Å². The van der Waals surface area contributed by atoms with E-state index in [1.54, 1.807) is 0 Å². The molecule has 0 bridgehead atoms. The second-order valence-electron chi connectivity index (χ2n) is 4.87. The molecule has 0 N–H and O–H groups in total. The largest absolute Gasteiger partial charge is 0.151 e. The highest BCUT2D eigenvalue weighted by Crippen LogP contribution is 2.31. The molecule has 1 heteroatoms. The maximum atomic E-state index is 2.34. The van der Waals surface area contributed by atoms with Crippen molar-refractivity contribution in [1.82, 2.24) is 0 Å². The molecule has 92 valence electrons. The first-order chi connectivity index (χ1) is 8.34. The Hall–Kier alpha value is -0.690. The molecule has 1 aliphatic carbocycles. The summed E-state index contributed by atoms with van der Waals surface area (Å²) in [4.78, 5) is 0. The smallest absolute Gasteiger partial charge is 0.0204 e. The van der Waals surface area contributed by atoms with Crippen LogP contribution >= 0.6 is 11.8 Å². The predicted octanol–water partition coefficient (Wildman–Crippen LogP) is 5.15. The van der Waals surface area contributed by atoms with Gasteiger partial charge >= 0.3 is 0 Å². The van der Waals surface area contributed by atoms with Crippen molar-refractivity contribution in [2.45, 2.75) is 49.5 Å². The molecule has 0 radical (unpaired) electrons. The van der Waals surface area contributed by atoms with Gasteiger partial charge in [0.25, 0.3) is 0 Å². The summed E-state index contributed by atoms with van der Waals surface area (Å²) in [7, 11) is 0. The zero-order valence-corrected chi connectivity index (χ0v) is 11.5. The summed E-state index contributed by atoms with van der Waals surface area (Å²) in [5, 5.41) is 1.54. The molecule has 0 spiro atoms. The van der Waals surface area contributed by atoms with Gasteiger partial charge in [0, 0.05) is 10.5 Å². The number of thioether (sulfide) groups is 1. The molecule has 0 amide bonds. The highest BCUT2D eigenvalue weighted by molar-refractivity contribution is 8.00. The van der Waals surface area contributed by atoms with Crippen LogP contribution in [-0.4, -0.2) is 10.5 Å². The zero-order chi connectivity index (χ0) is 11.9. The second kappa shape index (κ2) is 6.90. The van der Waals surface area contributed by atoms with Crippen LogP contribution in [0.25, 0.3) is 6.08 Å². The van der Waals surface area contributed by atoms with Gasteiger partial charge in [-0.25, -0.2) is 0 Å². The lowest BCUT2D eigenvalue weighted by Crippen LogP contribution is -2.11. The van der Waals surface area contributed by atoms with E-state index in [1.165, 1.54) is 37.7 Å². The Balaban J connectivity index is 1.80. The molecular formula is C16H22S. The molecule has 1 atom stereocenters. The van der Waals surface area contributed by atoms with Crippen LogP contribution in [0.4, 0.5) is 0 Å². The normalized spacial score (nSPS) is 19.6. The van der Waals surface area contributed by atoms with Gasteiger partial charge in [-0.05, 0) is 25.3 Å². The summed E-state index contributed by atoms with van der Waals surface area (Å²) in [6.07, 6.45) is 11.8.